The van der Waals surface area contributed by atoms with Crippen LogP contribution >= 0.6 is 22.7 Å². The first kappa shape index (κ1) is 22.4. The second-order valence-corrected chi connectivity index (χ2v) is 9.71. The molecule has 32 heavy (non-hydrogen) atoms. The number of aryl methyl sites for hydroxylation is 1. The molecule has 0 spiro atoms. The third kappa shape index (κ3) is 4.00. The summed E-state index contributed by atoms with van der Waals surface area (Å²) in [7, 11) is 2.98. The van der Waals surface area contributed by atoms with Crippen molar-refractivity contribution in [3.05, 3.63) is 67.0 Å². The predicted octanol–water partition coefficient (Wildman–Crippen LogP) is 5.66. The van der Waals surface area contributed by atoms with Crippen molar-refractivity contribution in [3.8, 4) is 5.75 Å². The minimum Gasteiger partial charge on any atom is -0.497 e. The van der Waals surface area contributed by atoms with Crippen LogP contribution in [0.1, 0.15) is 49.1 Å². The highest BCUT2D eigenvalue weighted by Crippen LogP contribution is 2.43. The van der Waals surface area contributed by atoms with Gasteiger partial charge in [-0.1, -0.05) is 19.1 Å². The molecule has 1 atom stereocenters. The molecule has 1 N–H and O–H groups in total. The van der Waals surface area contributed by atoms with E-state index in [2.05, 4.69) is 19.2 Å². The van der Waals surface area contributed by atoms with E-state index in [4.69, 9.17) is 9.47 Å². The molecule has 1 aromatic carbocycles. The summed E-state index contributed by atoms with van der Waals surface area (Å²) < 4.78 is 10.2. The lowest BCUT2D eigenvalue weighted by atomic mass is 9.92. The fraction of sp³-hybridized carbons (Fsp3) is 0.333. The summed E-state index contributed by atoms with van der Waals surface area (Å²) in [5.41, 5.74) is 4.27. The average molecular weight is 471 g/mol. The summed E-state index contributed by atoms with van der Waals surface area (Å²) in [6, 6.07) is 9.19. The number of urea groups is 1. The van der Waals surface area contributed by atoms with Gasteiger partial charge in [0.1, 0.15) is 10.6 Å². The second-order valence-electron chi connectivity index (χ2n) is 7.54. The van der Waals surface area contributed by atoms with E-state index in [1.807, 2.05) is 29.2 Å². The van der Waals surface area contributed by atoms with E-state index in [0.717, 1.165) is 24.2 Å². The van der Waals surface area contributed by atoms with Crippen LogP contribution in [0.3, 0.4) is 0 Å². The number of hydrogen-bond donors (Lipinski definition) is 1. The maximum absolute atomic E-state index is 13.5. The molecule has 0 bridgehead atoms. The molecule has 1 aliphatic heterocycles. The highest BCUT2D eigenvalue weighted by molar-refractivity contribution is 7.12. The first-order valence-electron chi connectivity index (χ1n) is 10.5. The number of hydrogen-bond acceptors (Lipinski definition) is 6. The standard InChI is InChI=1S/C24H26N2O4S2/c1-5-17-14(2)32-21-18(17)10-12-26(20(21)15-6-8-16(29-3)9-7-15)24(28)25-19-11-13-31-22(19)23(27)30-4/h6-9,11,13,20H,5,10,12H2,1-4H3,(H,25,28)/t20-/m0/s1. The largest absolute Gasteiger partial charge is 0.497 e. The lowest BCUT2D eigenvalue weighted by molar-refractivity contribution is 0.0607. The van der Waals surface area contributed by atoms with Gasteiger partial charge in [-0.3, -0.25) is 0 Å². The summed E-state index contributed by atoms with van der Waals surface area (Å²) in [5, 5.41) is 4.71. The predicted molar refractivity (Wildman–Crippen MR) is 128 cm³/mol. The Kier molecular flexibility index (Phi) is 6.53. The van der Waals surface area contributed by atoms with Crippen LogP contribution in [0.15, 0.2) is 35.7 Å². The first-order valence-corrected chi connectivity index (χ1v) is 12.2. The number of carbonyl (C=O) groups excluding carboxylic acids is 2. The number of amides is 2. The molecule has 0 fully saturated rings. The number of ether oxygens (including phenoxy) is 2. The van der Waals surface area contributed by atoms with Gasteiger partial charge in [0.25, 0.3) is 0 Å². The van der Waals surface area contributed by atoms with Gasteiger partial charge in [-0.2, -0.15) is 0 Å². The summed E-state index contributed by atoms with van der Waals surface area (Å²) in [5.74, 6) is 0.322. The fourth-order valence-electron chi connectivity index (χ4n) is 4.29. The van der Waals surface area contributed by atoms with Crippen LogP contribution in [0.5, 0.6) is 5.75 Å². The molecule has 0 saturated heterocycles. The lowest BCUT2D eigenvalue weighted by Gasteiger charge is -2.36. The van der Waals surface area contributed by atoms with Crippen molar-refractivity contribution in [2.24, 2.45) is 0 Å². The molecule has 0 radical (unpaired) electrons. The number of anilines is 1. The van der Waals surface area contributed by atoms with Crippen molar-refractivity contribution >= 4 is 40.4 Å². The number of thiophene rings is 2. The highest BCUT2D eigenvalue weighted by Gasteiger charge is 2.35. The Morgan fingerprint density at radius 3 is 2.59 bits per heavy atom. The Labute approximate surface area is 195 Å². The third-order valence-electron chi connectivity index (χ3n) is 5.84. The average Bonchev–Trinajstić information content (AvgIpc) is 3.40. The molecule has 0 unspecified atom stereocenters. The molecule has 3 heterocycles. The summed E-state index contributed by atoms with van der Waals surface area (Å²) >= 11 is 3.02. The van der Waals surface area contributed by atoms with Gasteiger partial charge in [0.05, 0.1) is 25.9 Å². The molecule has 0 aliphatic carbocycles. The van der Waals surface area contributed by atoms with Crippen molar-refractivity contribution in [1.82, 2.24) is 4.90 Å². The quantitative estimate of drug-likeness (QED) is 0.489. The number of methoxy groups -OCH3 is 2. The number of nitrogens with zero attached hydrogens (tertiary/aromatic N) is 1. The number of fused-ring (bicyclic) bond motifs is 1. The van der Waals surface area contributed by atoms with Crippen LogP contribution in [-0.2, 0) is 17.6 Å². The molecule has 8 heteroatoms. The molecule has 0 saturated carbocycles. The van der Waals surface area contributed by atoms with E-state index in [0.29, 0.717) is 17.1 Å². The molecule has 1 aliphatic rings. The molecule has 168 valence electrons. The fourth-order valence-corrected chi connectivity index (χ4v) is 6.50. The van der Waals surface area contributed by atoms with E-state index < -0.39 is 5.97 Å². The number of rotatable bonds is 5. The Balaban J connectivity index is 1.72. The zero-order valence-electron chi connectivity index (χ0n) is 18.6. The van der Waals surface area contributed by atoms with Crippen molar-refractivity contribution in [2.45, 2.75) is 32.7 Å². The Bertz CT molecular complexity index is 1130. The van der Waals surface area contributed by atoms with Gasteiger partial charge in [0.15, 0.2) is 0 Å². The summed E-state index contributed by atoms with van der Waals surface area (Å²) in [4.78, 5) is 30.3. The van der Waals surface area contributed by atoms with E-state index in [9.17, 15) is 9.59 Å². The molecular formula is C24H26N2O4S2. The Morgan fingerprint density at radius 1 is 1.19 bits per heavy atom. The normalized spacial score (nSPS) is 15.2. The smallest absolute Gasteiger partial charge is 0.350 e. The van der Waals surface area contributed by atoms with Gasteiger partial charge >= 0.3 is 12.0 Å². The number of benzene rings is 1. The van der Waals surface area contributed by atoms with E-state index >= 15 is 0 Å². The number of esters is 1. The zero-order chi connectivity index (χ0) is 22.8. The highest BCUT2D eigenvalue weighted by atomic mass is 32.1. The van der Waals surface area contributed by atoms with Crippen molar-refractivity contribution in [3.63, 3.8) is 0 Å². The minimum atomic E-state index is -0.454. The maximum Gasteiger partial charge on any atom is 0.350 e. The SMILES string of the molecule is CCc1c(C)sc2c1CCN(C(=O)Nc1ccsc1C(=O)OC)[C@H]2c1ccc(OC)cc1. The van der Waals surface area contributed by atoms with Gasteiger partial charge in [0.2, 0.25) is 0 Å². The molecular weight excluding hydrogens is 444 g/mol. The molecule has 4 rings (SSSR count). The van der Waals surface area contributed by atoms with Gasteiger partial charge in [0, 0.05) is 16.3 Å². The van der Waals surface area contributed by atoms with Crippen molar-refractivity contribution in [2.75, 3.05) is 26.1 Å². The zero-order valence-corrected chi connectivity index (χ0v) is 20.2. The van der Waals surface area contributed by atoms with Gasteiger partial charge in [-0.05, 0) is 60.0 Å². The van der Waals surface area contributed by atoms with Gasteiger partial charge in [-0.15, -0.1) is 22.7 Å². The Morgan fingerprint density at radius 2 is 1.94 bits per heavy atom. The third-order valence-corrected chi connectivity index (χ3v) is 7.97. The molecule has 6 nitrogen and oxygen atoms in total. The van der Waals surface area contributed by atoms with Crippen LogP contribution in [0.4, 0.5) is 10.5 Å². The van der Waals surface area contributed by atoms with Crippen molar-refractivity contribution < 1.29 is 19.1 Å². The second kappa shape index (κ2) is 9.34. The van der Waals surface area contributed by atoms with Crippen molar-refractivity contribution in [1.29, 1.82) is 0 Å². The monoisotopic (exact) mass is 470 g/mol. The van der Waals surface area contributed by atoms with Crippen LogP contribution < -0.4 is 10.1 Å². The van der Waals surface area contributed by atoms with Crippen LogP contribution in [0.25, 0.3) is 0 Å². The van der Waals surface area contributed by atoms with Gasteiger partial charge < -0.3 is 19.7 Å². The topological polar surface area (TPSA) is 67.9 Å². The molecule has 2 amide bonds. The lowest BCUT2D eigenvalue weighted by Crippen LogP contribution is -2.42. The Hall–Kier alpha value is -2.84. The van der Waals surface area contributed by atoms with Crippen LogP contribution in [0, 0.1) is 6.92 Å². The minimum absolute atomic E-state index is 0.200. The maximum atomic E-state index is 13.5. The number of nitrogens with one attached hydrogen (secondary N) is 1. The van der Waals surface area contributed by atoms with E-state index in [-0.39, 0.29) is 12.1 Å². The van der Waals surface area contributed by atoms with E-state index in [1.165, 1.54) is 39.3 Å². The molecule has 3 aromatic rings. The summed E-state index contributed by atoms with van der Waals surface area (Å²) in [6.07, 6.45) is 1.80. The number of carbonyl (C=O) groups is 2. The van der Waals surface area contributed by atoms with Crippen LogP contribution in [0.2, 0.25) is 0 Å². The molecule has 2 aromatic heterocycles. The van der Waals surface area contributed by atoms with E-state index in [1.54, 1.807) is 29.9 Å². The summed E-state index contributed by atoms with van der Waals surface area (Å²) in [6.45, 7) is 4.93. The van der Waals surface area contributed by atoms with Gasteiger partial charge in [-0.25, -0.2) is 9.59 Å². The first-order chi connectivity index (χ1) is 15.5. The van der Waals surface area contributed by atoms with Crippen LogP contribution in [-0.4, -0.2) is 37.7 Å².